The molecule has 78 valence electrons. The Balaban J connectivity index is 2.43. The molecule has 0 amide bonds. The normalized spacial score (nSPS) is 9.53. The zero-order chi connectivity index (χ0) is 11.1. The predicted octanol–water partition coefficient (Wildman–Crippen LogP) is 0.904. The van der Waals surface area contributed by atoms with E-state index in [0.29, 0.717) is 6.42 Å². The van der Waals surface area contributed by atoms with Crippen molar-refractivity contribution in [3.8, 4) is 4.97 Å². The van der Waals surface area contributed by atoms with Gasteiger partial charge in [-0.2, -0.15) is 0 Å². The van der Waals surface area contributed by atoms with E-state index in [-0.39, 0.29) is 21.4 Å². The molecule has 0 saturated heterocycles. The molecular weight excluding hydrogens is 257 g/mol. The van der Waals surface area contributed by atoms with Crippen molar-refractivity contribution in [2.24, 2.45) is 0 Å². The van der Waals surface area contributed by atoms with Crippen molar-refractivity contribution in [1.82, 2.24) is 0 Å². The Bertz CT molecular complexity index is 367. The van der Waals surface area contributed by atoms with E-state index in [9.17, 15) is 4.79 Å². The second-order valence-corrected chi connectivity index (χ2v) is 4.88. The molecule has 0 aliphatic heterocycles. The predicted molar refractivity (Wildman–Crippen MR) is 58.0 cm³/mol. The minimum atomic E-state index is -0.751. The van der Waals surface area contributed by atoms with Crippen molar-refractivity contribution in [3.63, 3.8) is 0 Å². The molecule has 3 nitrogen and oxygen atoms in total. The van der Waals surface area contributed by atoms with Crippen LogP contribution in [0.5, 0.6) is 0 Å². The summed E-state index contributed by atoms with van der Waals surface area (Å²) in [7, 11) is 0. The Morgan fingerprint density at radius 1 is 1.40 bits per heavy atom. The molecule has 0 aliphatic carbocycles. The summed E-state index contributed by atoms with van der Waals surface area (Å²) in [5.74, 6) is -0.751. The van der Waals surface area contributed by atoms with Gasteiger partial charge in [-0.25, -0.2) is 0 Å². The van der Waals surface area contributed by atoms with Crippen molar-refractivity contribution in [3.05, 3.63) is 29.8 Å². The molecule has 0 atom stereocenters. The third-order valence-corrected chi connectivity index (χ3v) is 3.20. The molecule has 0 saturated carbocycles. The molecule has 0 aromatic heterocycles. The van der Waals surface area contributed by atoms with Crippen LogP contribution < -0.4 is 4.46 Å². The van der Waals surface area contributed by atoms with Crippen LogP contribution in [0.3, 0.4) is 0 Å². The molecule has 4 heteroatoms. The van der Waals surface area contributed by atoms with E-state index in [1.807, 2.05) is 24.3 Å². The van der Waals surface area contributed by atoms with Crippen molar-refractivity contribution in [2.45, 2.75) is 19.3 Å². The number of aryl methyl sites for hydroxylation is 1. The molecule has 1 aromatic carbocycles. The fourth-order valence-electron chi connectivity index (χ4n) is 1.22. The first kappa shape index (κ1) is 11.8. The van der Waals surface area contributed by atoms with Crippen molar-refractivity contribution in [1.29, 1.82) is 5.26 Å². The van der Waals surface area contributed by atoms with Crippen LogP contribution in [0, 0.1) is 10.2 Å². The van der Waals surface area contributed by atoms with E-state index in [1.54, 1.807) is 0 Å². The number of hydrogen-bond donors (Lipinski definition) is 1. The number of aliphatic carboxylic acids is 1. The number of nitriles is 1. The van der Waals surface area contributed by atoms with Gasteiger partial charge in [0.2, 0.25) is 0 Å². The van der Waals surface area contributed by atoms with E-state index < -0.39 is 5.97 Å². The van der Waals surface area contributed by atoms with Gasteiger partial charge in [0, 0.05) is 0 Å². The molecular formula is C11H11NO2Se. The molecule has 0 radical (unpaired) electrons. The Labute approximate surface area is 94.9 Å². The molecule has 1 N–H and O–H groups in total. The minimum absolute atomic E-state index is 0.0976. The first-order chi connectivity index (χ1) is 7.22. The summed E-state index contributed by atoms with van der Waals surface area (Å²) < 4.78 is 1.06. The van der Waals surface area contributed by atoms with Crippen LogP contribution in [0.1, 0.15) is 18.4 Å². The van der Waals surface area contributed by atoms with Gasteiger partial charge in [-0.15, -0.1) is 0 Å². The van der Waals surface area contributed by atoms with Crippen LogP contribution in [-0.2, 0) is 11.2 Å². The fourth-order valence-corrected chi connectivity index (χ4v) is 2.01. The molecule has 0 bridgehead atoms. The Morgan fingerprint density at radius 3 is 2.60 bits per heavy atom. The summed E-state index contributed by atoms with van der Waals surface area (Å²) in [6, 6.07) is 7.82. The zero-order valence-electron chi connectivity index (χ0n) is 8.14. The maximum absolute atomic E-state index is 10.3. The number of nitrogens with zero attached hydrogens (tertiary/aromatic N) is 1. The molecule has 0 heterocycles. The summed E-state index contributed by atoms with van der Waals surface area (Å²) in [5.41, 5.74) is 1.13. The van der Waals surface area contributed by atoms with Crippen molar-refractivity contribution >= 4 is 25.4 Å². The van der Waals surface area contributed by atoms with Crippen molar-refractivity contribution in [2.75, 3.05) is 0 Å². The molecule has 0 spiro atoms. The van der Waals surface area contributed by atoms with Gasteiger partial charge in [-0.1, -0.05) is 0 Å². The summed E-state index contributed by atoms with van der Waals surface area (Å²) in [5, 5.41) is 17.0. The van der Waals surface area contributed by atoms with Crippen LogP contribution in [-0.4, -0.2) is 26.0 Å². The second-order valence-electron chi connectivity index (χ2n) is 3.08. The molecule has 0 fully saturated rings. The topological polar surface area (TPSA) is 61.1 Å². The first-order valence-electron chi connectivity index (χ1n) is 4.59. The zero-order valence-corrected chi connectivity index (χ0v) is 9.85. The van der Waals surface area contributed by atoms with Crippen LogP contribution >= 0.6 is 0 Å². The third-order valence-electron chi connectivity index (χ3n) is 1.94. The summed E-state index contributed by atoms with van der Waals surface area (Å²) in [4.78, 5) is 12.4. The Hall–Kier alpha value is -1.30. The first-order valence-corrected chi connectivity index (χ1v) is 6.30. The van der Waals surface area contributed by atoms with Gasteiger partial charge < -0.3 is 0 Å². The average molecular weight is 268 g/mol. The van der Waals surface area contributed by atoms with Gasteiger partial charge in [0.1, 0.15) is 0 Å². The number of hydrogen-bond acceptors (Lipinski definition) is 2. The van der Waals surface area contributed by atoms with E-state index in [4.69, 9.17) is 10.4 Å². The van der Waals surface area contributed by atoms with Gasteiger partial charge >= 0.3 is 94.6 Å². The summed E-state index contributed by atoms with van der Waals surface area (Å²) >= 11 is -0.0976. The number of benzene rings is 1. The quantitative estimate of drug-likeness (QED) is 0.807. The Morgan fingerprint density at radius 2 is 2.07 bits per heavy atom. The SMILES string of the molecule is N#C[Se]c1ccc(CCCC(=O)O)cc1. The number of rotatable bonds is 5. The summed E-state index contributed by atoms with van der Waals surface area (Å²) in [6.07, 6.45) is 1.66. The molecule has 15 heavy (non-hydrogen) atoms. The van der Waals surface area contributed by atoms with Crippen molar-refractivity contribution < 1.29 is 9.90 Å². The number of carbonyl (C=O) groups is 1. The van der Waals surface area contributed by atoms with Gasteiger partial charge in [-0.3, -0.25) is 0 Å². The van der Waals surface area contributed by atoms with Crippen LogP contribution in [0.2, 0.25) is 0 Å². The molecule has 1 aromatic rings. The van der Waals surface area contributed by atoms with Gasteiger partial charge in [0.15, 0.2) is 0 Å². The molecule has 0 aliphatic rings. The van der Waals surface area contributed by atoms with Crippen LogP contribution in [0.25, 0.3) is 0 Å². The van der Waals surface area contributed by atoms with E-state index in [2.05, 4.69) is 4.97 Å². The van der Waals surface area contributed by atoms with E-state index >= 15 is 0 Å². The van der Waals surface area contributed by atoms with E-state index in [0.717, 1.165) is 16.4 Å². The second kappa shape index (κ2) is 6.23. The van der Waals surface area contributed by atoms with Crippen LogP contribution in [0.4, 0.5) is 0 Å². The number of carboxylic acids is 1. The summed E-state index contributed by atoms with van der Waals surface area (Å²) in [6.45, 7) is 0. The van der Waals surface area contributed by atoms with E-state index in [1.165, 1.54) is 0 Å². The average Bonchev–Trinajstić information content (AvgIpc) is 2.20. The monoisotopic (exact) mass is 269 g/mol. The maximum atomic E-state index is 10.3. The van der Waals surface area contributed by atoms with Gasteiger partial charge in [0.05, 0.1) is 0 Å². The molecule has 1 rings (SSSR count). The third kappa shape index (κ3) is 4.64. The number of carboxylic acid groups (broad SMARTS) is 1. The Kier molecular flexibility index (Phi) is 4.89. The van der Waals surface area contributed by atoms with Gasteiger partial charge in [-0.05, 0) is 0 Å². The standard InChI is InChI=1S/C11H11NO2Se/c12-8-15-10-6-4-9(5-7-10)2-1-3-11(13)14/h4-7H,1-3H2,(H,13,14). The van der Waals surface area contributed by atoms with Crippen LogP contribution in [0.15, 0.2) is 24.3 Å². The molecule has 0 unspecified atom stereocenters. The van der Waals surface area contributed by atoms with Gasteiger partial charge in [0.25, 0.3) is 0 Å². The fraction of sp³-hybridized carbons (Fsp3) is 0.273.